The second-order valence-corrected chi connectivity index (χ2v) is 6.42. The number of nitrogens with zero attached hydrogens (tertiary/aromatic N) is 2. The Morgan fingerprint density at radius 1 is 1.11 bits per heavy atom. The van der Waals surface area contributed by atoms with Crippen LogP contribution in [0.1, 0.15) is 11.1 Å². The molecule has 0 amide bonds. The molecule has 0 aliphatic rings. The summed E-state index contributed by atoms with van der Waals surface area (Å²) >= 11 is 1.24. The van der Waals surface area contributed by atoms with E-state index in [9.17, 15) is 8.78 Å². The molecule has 1 heterocycles. The molecule has 0 saturated heterocycles. The van der Waals surface area contributed by atoms with Gasteiger partial charge in [-0.2, -0.15) is 4.98 Å². The summed E-state index contributed by atoms with van der Waals surface area (Å²) in [6.45, 7) is 2.00. The lowest BCUT2D eigenvalue weighted by molar-refractivity contribution is 0.279. The molecule has 0 fully saturated rings. The minimum Gasteiger partial charge on any atom is -0.494 e. The number of ether oxygens (including phenoxy) is 2. The van der Waals surface area contributed by atoms with E-state index < -0.39 is 11.6 Å². The Kier molecular flexibility index (Phi) is 6.08. The van der Waals surface area contributed by atoms with Crippen LogP contribution in [-0.4, -0.2) is 17.1 Å². The monoisotopic (exact) mass is 389 g/mol. The van der Waals surface area contributed by atoms with Crippen LogP contribution in [0.4, 0.5) is 14.6 Å². The van der Waals surface area contributed by atoms with Gasteiger partial charge in [0.25, 0.3) is 0 Å². The first-order valence-corrected chi connectivity index (χ1v) is 8.84. The number of aryl methyl sites for hydroxylation is 1. The minimum atomic E-state index is -0.598. The molecule has 0 atom stereocenters. The molecule has 3 aromatic rings. The highest BCUT2D eigenvalue weighted by molar-refractivity contribution is 8.00. The third-order valence-corrected chi connectivity index (χ3v) is 4.63. The zero-order chi connectivity index (χ0) is 19.2. The van der Waals surface area contributed by atoms with Crippen LogP contribution in [0, 0.1) is 18.6 Å². The van der Waals surface area contributed by atoms with Crippen molar-refractivity contribution in [2.45, 2.75) is 18.4 Å². The summed E-state index contributed by atoms with van der Waals surface area (Å²) < 4.78 is 40.8. The molecule has 0 aliphatic heterocycles. The van der Waals surface area contributed by atoms with Crippen molar-refractivity contribution in [1.82, 2.24) is 9.97 Å². The van der Waals surface area contributed by atoms with Gasteiger partial charge in [0.1, 0.15) is 6.61 Å². The number of anilines is 1. The van der Waals surface area contributed by atoms with E-state index in [0.29, 0.717) is 5.56 Å². The molecule has 5 nitrogen and oxygen atoms in total. The van der Waals surface area contributed by atoms with Crippen molar-refractivity contribution in [1.29, 1.82) is 0 Å². The summed E-state index contributed by atoms with van der Waals surface area (Å²) in [6, 6.07) is 12.2. The molecule has 1 N–H and O–H groups in total. The van der Waals surface area contributed by atoms with Gasteiger partial charge in [-0.05, 0) is 48.2 Å². The van der Waals surface area contributed by atoms with Crippen LogP contribution in [0.3, 0.4) is 0 Å². The Morgan fingerprint density at radius 2 is 1.93 bits per heavy atom. The predicted molar refractivity (Wildman–Crippen MR) is 99.9 cm³/mol. The number of aromatic nitrogens is 2. The van der Waals surface area contributed by atoms with E-state index in [-0.39, 0.29) is 24.2 Å². The first-order valence-electron chi connectivity index (χ1n) is 8.03. The molecular weight excluding hydrogens is 372 g/mol. The first-order chi connectivity index (χ1) is 13.1. The number of nitrogens with one attached hydrogen (secondary N) is 1. The summed E-state index contributed by atoms with van der Waals surface area (Å²) in [5.74, 6) is -0.930. The van der Waals surface area contributed by atoms with Crippen molar-refractivity contribution in [2.75, 3.05) is 11.8 Å². The lowest BCUT2D eigenvalue weighted by atomic mass is 10.2. The van der Waals surface area contributed by atoms with E-state index in [0.717, 1.165) is 16.7 Å². The van der Waals surface area contributed by atoms with E-state index in [1.165, 1.54) is 31.2 Å². The number of halogens is 2. The summed E-state index contributed by atoms with van der Waals surface area (Å²) in [6.07, 6.45) is 1.03. The molecule has 0 saturated carbocycles. The van der Waals surface area contributed by atoms with Gasteiger partial charge in [0, 0.05) is 4.90 Å². The predicted octanol–water partition coefficient (Wildman–Crippen LogP) is 4.77. The fourth-order valence-corrected chi connectivity index (χ4v) is 2.94. The Bertz CT molecular complexity index is 941. The van der Waals surface area contributed by atoms with E-state index in [1.807, 2.05) is 31.2 Å². The van der Waals surface area contributed by atoms with Gasteiger partial charge in [-0.15, -0.1) is 0 Å². The van der Waals surface area contributed by atoms with Crippen LogP contribution >= 0.6 is 11.9 Å². The van der Waals surface area contributed by atoms with Gasteiger partial charge in [0.05, 0.1) is 13.3 Å². The smallest absolute Gasteiger partial charge is 0.318 e. The van der Waals surface area contributed by atoms with Gasteiger partial charge >= 0.3 is 6.01 Å². The second kappa shape index (κ2) is 8.68. The fourth-order valence-electron chi connectivity index (χ4n) is 2.21. The van der Waals surface area contributed by atoms with E-state index in [4.69, 9.17) is 9.47 Å². The highest BCUT2D eigenvalue weighted by atomic mass is 32.2. The van der Waals surface area contributed by atoms with Crippen molar-refractivity contribution >= 4 is 17.8 Å². The Morgan fingerprint density at radius 3 is 2.67 bits per heavy atom. The zero-order valence-corrected chi connectivity index (χ0v) is 15.5. The van der Waals surface area contributed by atoms with Crippen LogP contribution in [0.2, 0.25) is 0 Å². The third-order valence-electron chi connectivity index (χ3n) is 3.66. The average molecular weight is 389 g/mol. The molecule has 140 valence electrons. The number of rotatable bonds is 7. The Balaban J connectivity index is 1.66. The van der Waals surface area contributed by atoms with Gasteiger partial charge in [0.15, 0.2) is 23.2 Å². The van der Waals surface area contributed by atoms with Gasteiger partial charge in [0.2, 0.25) is 0 Å². The molecule has 2 aromatic carbocycles. The van der Waals surface area contributed by atoms with Gasteiger partial charge in [-0.25, -0.2) is 13.8 Å². The maximum Gasteiger partial charge on any atom is 0.318 e. The molecule has 0 aliphatic carbocycles. The van der Waals surface area contributed by atoms with E-state index in [2.05, 4.69) is 14.7 Å². The molecule has 0 spiro atoms. The number of methoxy groups -OCH3 is 1. The summed E-state index contributed by atoms with van der Waals surface area (Å²) in [7, 11) is 1.39. The molecule has 0 unspecified atom stereocenters. The fraction of sp³-hybridized carbons (Fsp3) is 0.158. The van der Waals surface area contributed by atoms with Crippen molar-refractivity contribution in [3.63, 3.8) is 0 Å². The molecular formula is C19H17F2N3O2S. The number of hydrogen-bond acceptors (Lipinski definition) is 6. The highest BCUT2D eigenvalue weighted by Crippen LogP contribution is 2.25. The van der Waals surface area contributed by atoms with Crippen LogP contribution < -0.4 is 14.2 Å². The van der Waals surface area contributed by atoms with Crippen molar-refractivity contribution in [3.8, 4) is 11.8 Å². The SMILES string of the molecule is COc1ccc(COc2ncc(F)c(NSc3ccccc3C)n2)cc1F. The molecule has 8 heteroatoms. The number of hydrogen-bond donors (Lipinski definition) is 1. The van der Waals surface area contributed by atoms with Gasteiger partial charge in [-0.3, -0.25) is 0 Å². The normalized spacial score (nSPS) is 10.5. The average Bonchev–Trinajstić information content (AvgIpc) is 2.67. The van der Waals surface area contributed by atoms with Crippen molar-refractivity contribution in [2.24, 2.45) is 0 Å². The molecule has 27 heavy (non-hydrogen) atoms. The third kappa shape index (κ3) is 4.85. The summed E-state index contributed by atoms with van der Waals surface area (Å²) in [5.41, 5.74) is 1.63. The standard InChI is InChI=1S/C19H17F2N3O2S/c1-12-5-3-4-6-17(12)27-24-18-15(21)10-22-19(23-18)26-11-13-7-8-16(25-2)14(20)9-13/h3-10H,11H2,1-2H3,(H,22,23,24). The Hall–Kier alpha value is -2.87. The van der Waals surface area contributed by atoms with E-state index in [1.54, 1.807) is 6.07 Å². The zero-order valence-electron chi connectivity index (χ0n) is 14.7. The lowest BCUT2D eigenvalue weighted by Gasteiger charge is -2.10. The van der Waals surface area contributed by atoms with Crippen LogP contribution in [-0.2, 0) is 6.61 Å². The topological polar surface area (TPSA) is 56.3 Å². The van der Waals surface area contributed by atoms with Gasteiger partial charge < -0.3 is 14.2 Å². The lowest BCUT2D eigenvalue weighted by Crippen LogP contribution is -2.03. The minimum absolute atomic E-state index is 0.00849. The Labute approximate surface area is 159 Å². The molecule has 3 rings (SSSR count). The van der Waals surface area contributed by atoms with Crippen LogP contribution in [0.5, 0.6) is 11.8 Å². The summed E-state index contributed by atoms with van der Waals surface area (Å²) in [5, 5.41) is 0. The van der Waals surface area contributed by atoms with Crippen LogP contribution in [0.15, 0.2) is 53.6 Å². The van der Waals surface area contributed by atoms with Crippen molar-refractivity contribution in [3.05, 3.63) is 71.4 Å². The largest absolute Gasteiger partial charge is 0.494 e. The van der Waals surface area contributed by atoms with E-state index >= 15 is 0 Å². The second-order valence-electron chi connectivity index (χ2n) is 5.58. The number of benzene rings is 2. The quantitative estimate of drug-likeness (QED) is 0.588. The molecule has 0 radical (unpaired) electrons. The maximum atomic E-state index is 14.0. The summed E-state index contributed by atoms with van der Waals surface area (Å²) in [4.78, 5) is 8.79. The van der Waals surface area contributed by atoms with Gasteiger partial charge in [-0.1, -0.05) is 24.3 Å². The van der Waals surface area contributed by atoms with Crippen LogP contribution in [0.25, 0.3) is 0 Å². The molecule has 0 bridgehead atoms. The molecule has 1 aromatic heterocycles. The first kappa shape index (κ1) is 18.9. The highest BCUT2D eigenvalue weighted by Gasteiger charge is 2.10. The maximum absolute atomic E-state index is 14.0. The van der Waals surface area contributed by atoms with Crippen molar-refractivity contribution < 1.29 is 18.3 Å².